The molecule has 0 aliphatic carbocycles. The van der Waals surface area contributed by atoms with Gasteiger partial charge in [-0.25, -0.2) is 0 Å². The van der Waals surface area contributed by atoms with Gasteiger partial charge in [0.15, 0.2) is 0 Å². The SMILES string of the molecule is CCCCc1ccnc(-c2nccc([N+](C)(C)C)c2CCC)c1. The molecule has 0 bridgehead atoms. The Hall–Kier alpha value is -1.74. The average Bonchev–Trinajstić information content (AvgIpc) is 2.52. The first-order valence-electron chi connectivity index (χ1n) is 8.72. The van der Waals surface area contributed by atoms with Gasteiger partial charge in [-0.1, -0.05) is 26.7 Å². The van der Waals surface area contributed by atoms with Crippen molar-refractivity contribution in [2.45, 2.75) is 46.0 Å². The Morgan fingerprint density at radius 2 is 1.65 bits per heavy atom. The van der Waals surface area contributed by atoms with Gasteiger partial charge in [0, 0.05) is 24.0 Å². The lowest BCUT2D eigenvalue weighted by atomic mass is 10.0. The monoisotopic (exact) mass is 312 g/mol. The fourth-order valence-corrected chi connectivity index (χ4v) is 2.97. The van der Waals surface area contributed by atoms with E-state index in [4.69, 9.17) is 4.98 Å². The highest BCUT2D eigenvalue weighted by Crippen LogP contribution is 2.31. The van der Waals surface area contributed by atoms with Crippen molar-refractivity contribution in [2.24, 2.45) is 0 Å². The summed E-state index contributed by atoms with van der Waals surface area (Å²) < 4.78 is 0.806. The molecule has 0 atom stereocenters. The van der Waals surface area contributed by atoms with Crippen LogP contribution in [0.3, 0.4) is 0 Å². The fourth-order valence-electron chi connectivity index (χ4n) is 2.97. The largest absolute Gasteiger partial charge is 0.298 e. The molecule has 0 saturated carbocycles. The molecule has 0 amide bonds. The van der Waals surface area contributed by atoms with Crippen molar-refractivity contribution in [3.8, 4) is 11.4 Å². The Morgan fingerprint density at radius 1 is 0.913 bits per heavy atom. The van der Waals surface area contributed by atoms with Crippen molar-refractivity contribution in [3.63, 3.8) is 0 Å². The highest BCUT2D eigenvalue weighted by molar-refractivity contribution is 5.67. The number of nitrogens with zero attached hydrogens (tertiary/aromatic N) is 3. The normalized spacial score (nSPS) is 11.7. The number of pyridine rings is 2. The van der Waals surface area contributed by atoms with Gasteiger partial charge in [-0.2, -0.15) is 0 Å². The van der Waals surface area contributed by atoms with Gasteiger partial charge >= 0.3 is 0 Å². The predicted molar refractivity (Wildman–Crippen MR) is 99.6 cm³/mol. The summed E-state index contributed by atoms with van der Waals surface area (Å²) in [5.41, 5.74) is 6.09. The van der Waals surface area contributed by atoms with E-state index < -0.39 is 0 Å². The number of quaternary nitrogens is 1. The molecule has 2 heterocycles. The second-order valence-corrected chi connectivity index (χ2v) is 7.07. The zero-order valence-corrected chi connectivity index (χ0v) is 15.3. The second-order valence-electron chi connectivity index (χ2n) is 7.07. The molecule has 0 aliphatic heterocycles. The first-order valence-corrected chi connectivity index (χ1v) is 8.72. The van der Waals surface area contributed by atoms with E-state index in [0.717, 1.165) is 35.1 Å². The number of hydrogen-bond acceptors (Lipinski definition) is 2. The number of aryl methyl sites for hydroxylation is 1. The van der Waals surface area contributed by atoms with Crippen molar-refractivity contribution in [2.75, 3.05) is 21.1 Å². The molecule has 0 N–H and O–H groups in total. The first-order chi connectivity index (χ1) is 11.0. The molecule has 3 nitrogen and oxygen atoms in total. The predicted octanol–water partition coefficient (Wildman–Crippen LogP) is 4.64. The molecule has 0 aliphatic rings. The van der Waals surface area contributed by atoms with E-state index in [1.807, 2.05) is 12.4 Å². The van der Waals surface area contributed by atoms with Crippen molar-refractivity contribution < 1.29 is 0 Å². The van der Waals surface area contributed by atoms with Gasteiger partial charge in [0.2, 0.25) is 0 Å². The molecule has 124 valence electrons. The van der Waals surface area contributed by atoms with Crippen LogP contribution >= 0.6 is 0 Å². The molecule has 2 aromatic rings. The molecule has 0 aromatic carbocycles. The lowest BCUT2D eigenvalue weighted by Crippen LogP contribution is -2.36. The Bertz CT molecular complexity index is 642. The summed E-state index contributed by atoms with van der Waals surface area (Å²) in [7, 11) is 6.64. The van der Waals surface area contributed by atoms with Crippen LogP contribution in [0.25, 0.3) is 11.4 Å². The van der Waals surface area contributed by atoms with Crippen LogP contribution in [-0.2, 0) is 12.8 Å². The molecule has 0 spiro atoms. The molecule has 0 radical (unpaired) electrons. The Balaban J connectivity index is 2.50. The average molecular weight is 312 g/mol. The molecule has 0 fully saturated rings. The van der Waals surface area contributed by atoms with Gasteiger partial charge in [-0.05, 0) is 37.0 Å². The van der Waals surface area contributed by atoms with Gasteiger partial charge in [0.25, 0.3) is 0 Å². The van der Waals surface area contributed by atoms with Crippen molar-refractivity contribution in [1.82, 2.24) is 14.5 Å². The number of unbranched alkanes of at least 4 members (excludes halogenated alkanes) is 1. The van der Waals surface area contributed by atoms with E-state index in [9.17, 15) is 0 Å². The maximum Gasteiger partial charge on any atom is 0.139 e. The summed E-state index contributed by atoms with van der Waals surface area (Å²) >= 11 is 0. The molecular weight excluding hydrogens is 282 g/mol. The highest BCUT2D eigenvalue weighted by Gasteiger charge is 2.21. The van der Waals surface area contributed by atoms with E-state index in [1.54, 1.807) is 0 Å². The molecule has 0 unspecified atom stereocenters. The maximum absolute atomic E-state index is 4.69. The Kier molecular flexibility index (Phi) is 5.89. The Labute approximate surface area is 141 Å². The van der Waals surface area contributed by atoms with Crippen LogP contribution in [0.4, 0.5) is 5.69 Å². The quantitative estimate of drug-likeness (QED) is 0.696. The van der Waals surface area contributed by atoms with Crippen molar-refractivity contribution in [1.29, 1.82) is 0 Å². The van der Waals surface area contributed by atoms with Gasteiger partial charge in [-0.3, -0.25) is 14.5 Å². The summed E-state index contributed by atoms with van der Waals surface area (Å²) in [4.78, 5) is 9.30. The third-order valence-corrected chi connectivity index (χ3v) is 4.14. The summed E-state index contributed by atoms with van der Waals surface area (Å²) in [6.07, 6.45) is 9.55. The van der Waals surface area contributed by atoms with Crippen LogP contribution < -0.4 is 4.48 Å². The first kappa shape index (κ1) is 17.6. The minimum atomic E-state index is 0.806. The maximum atomic E-state index is 4.69. The molecule has 2 aromatic heterocycles. The van der Waals surface area contributed by atoms with E-state index in [2.05, 4.69) is 58.2 Å². The van der Waals surface area contributed by atoms with Crippen LogP contribution in [0, 0.1) is 0 Å². The minimum absolute atomic E-state index is 0.806. The molecule has 0 saturated heterocycles. The van der Waals surface area contributed by atoms with Crippen LogP contribution in [0.5, 0.6) is 0 Å². The zero-order chi connectivity index (χ0) is 16.9. The topological polar surface area (TPSA) is 25.8 Å². The third kappa shape index (κ3) is 4.38. The van der Waals surface area contributed by atoms with Crippen molar-refractivity contribution in [3.05, 3.63) is 41.7 Å². The van der Waals surface area contributed by atoms with Crippen LogP contribution in [-0.4, -0.2) is 31.1 Å². The van der Waals surface area contributed by atoms with Gasteiger partial charge < -0.3 is 0 Å². The van der Waals surface area contributed by atoms with E-state index in [-0.39, 0.29) is 0 Å². The fraction of sp³-hybridized carbons (Fsp3) is 0.500. The molecule has 2 rings (SSSR count). The second kappa shape index (κ2) is 7.69. The van der Waals surface area contributed by atoms with E-state index in [0.29, 0.717) is 0 Å². The third-order valence-electron chi connectivity index (χ3n) is 4.14. The smallest absolute Gasteiger partial charge is 0.139 e. The van der Waals surface area contributed by atoms with Crippen molar-refractivity contribution >= 4 is 5.69 Å². The standard InChI is InChI=1S/C20H30N3/c1-6-8-10-16-11-13-21-18(15-16)20-17(9-7-2)19(12-14-22-20)23(3,4)5/h11-15H,6-10H2,1-5H3/q+1. The summed E-state index contributed by atoms with van der Waals surface area (Å²) in [6.45, 7) is 4.45. The van der Waals surface area contributed by atoms with Crippen LogP contribution in [0.1, 0.15) is 44.2 Å². The van der Waals surface area contributed by atoms with E-state index >= 15 is 0 Å². The lowest BCUT2D eigenvalue weighted by molar-refractivity contribution is 0.481. The number of rotatable bonds is 7. The van der Waals surface area contributed by atoms with Crippen LogP contribution in [0.15, 0.2) is 30.6 Å². The van der Waals surface area contributed by atoms with Crippen LogP contribution in [0.2, 0.25) is 0 Å². The van der Waals surface area contributed by atoms with Gasteiger partial charge in [-0.15, -0.1) is 0 Å². The molecular formula is C20H30N3+. The lowest BCUT2D eigenvalue weighted by Gasteiger charge is -2.27. The molecule has 23 heavy (non-hydrogen) atoms. The highest BCUT2D eigenvalue weighted by atomic mass is 15.3. The zero-order valence-electron chi connectivity index (χ0n) is 15.3. The molecule has 3 heteroatoms. The summed E-state index contributed by atoms with van der Waals surface area (Å²) in [6, 6.07) is 6.49. The van der Waals surface area contributed by atoms with Gasteiger partial charge in [0.05, 0.1) is 32.5 Å². The summed E-state index contributed by atoms with van der Waals surface area (Å²) in [5.74, 6) is 0. The number of aromatic nitrogens is 2. The number of hydrogen-bond donors (Lipinski definition) is 0. The summed E-state index contributed by atoms with van der Waals surface area (Å²) in [5, 5.41) is 0. The minimum Gasteiger partial charge on any atom is -0.298 e. The van der Waals surface area contributed by atoms with Gasteiger partial charge in [0.1, 0.15) is 5.69 Å². The van der Waals surface area contributed by atoms with E-state index in [1.165, 1.54) is 29.7 Å². The Morgan fingerprint density at radius 3 is 2.30 bits per heavy atom.